The molecule has 0 radical (unpaired) electrons. The van der Waals surface area contributed by atoms with Gasteiger partial charge in [-0.15, -0.1) is 0 Å². The first kappa shape index (κ1) is 15.1. The minimum absolute atomic E-state index is 0.126. The number of hydrogen-bond acceptors (Lipinski definition) is 3. The highest BCUT2D eigenvalue weighted by atomic mass is 16.7. The van der Waals surface area contributed by atoms with Crippen molar-refractivity contribution >= 4 is 18.5 Å². The lowest BCUT2D eigenvalue weighted by Gasteiger charge is -2.32. The summed E-state index contributed by atoms with van der Waals surface area (Å²) in [5.74, 6) is -0.126. The lowest BCUT2D eigenvalue weighted by molar-refractivity contribution is 0.00578. The molecule has 5 heteroatoms. The molecule has 0 aromatic heterocycles. The molecule has 0 unspecified atom stereocenters. The molecule has 0 atom stereocenters. The number of amides is 1. The monoisotopic (exact) mass is 275 g/mol. The fourth-order valence-corrected chi connectivity index (χ4v) is 2.18. The van der Waals surface area contributed by atoms with Gasteiger partial charge in [-0.3, -0.25) is 4.79 Å². The van der Waals surface area contributed by atoms with E-state index in [1.165, 1.54) is 0 Å². The maximum Gasteiger partial charge on any atom is 0.495 e. The van der Waals surface area contributed by atoms with Gasteiger partial charge in [0.2, 0.25) is 0 Å². The molecule has 108 valence electrons. The predicted octanol–water partition coefficient (Wildman–Crippen LogP) is 1.65. The minimum atomic E-state index is -0.520. The normalized spacial score (nSPS) is 20.0. The van der Waals surface area contributed by atoms with Gasteiger partial charge in [0.25, 0.3) is 5.91 Å². The zero-order chi connectivity index (χ0) is 15.1. The zero-order valence-corrected chi connectivity index (χ0v) is 13.0. The second-order valence-electron chi connectivity index (χ2n) is 6.26. The molecular formula is C15H22BNO3. The minimum Gasteiger partial charge on any atom is -0.399 e. The van der Waals surface area contributed by atoms with Crippen LogP contribution in [0.1, 0.15) is 43.6 Å². The van der Waals surface area contributed by atoms with E-state index in [2.05, 4.69) is 5.32 Å². The molecule has 4 nitrogen and oxygen atoms in total. The van der Waals surface area contributed by atoms with Crippen molar-refractivity contribution in [1.29, 1.82) is 0 Å². The number of carbonyl (C=O) groups is 1. The number of carbonyl (C=O) groups excluding carboxylic acids is 1. The summed E-state index contributed by atoms with van der Waals surface area (Å²) in [4.78, 5) is 12.0. The fourth-order valence-electron chi connectivity index (χ4n) is 2.18. The average molecular weight is 275 g/mol. The largest absolute Gasteiger partial charge is 0.495 e. The van der Waals surface area contributed by atoms with Gasteiger partial charge in [-0.05, 0) is 46.1 Å². The summed E-state index contributed by atoms with van der Waals surface area (Å²) < 4.78 is 12.0. The van der Waals surface area contributed by atoms with Crippen LogP contribution in [0.5, 0.6) is 0 Å². The van der Waals surface area contributed by atoms with Crippen molar-refractivity contribution in [2.24, 2.45) is 0 Å². The lowest BCUT2D eigenvalue weighted by atomic mass is 9.75. The molecule has 20 heavy (non-hydrogen) atoms. The average Bonchev–Trinajstić information content (AvgIpc) is 2.57. The van der Waals surface area contributed by atoms with Crippen LogP contribution < -0.4 is 10.8 Å². The summed E-state index contributed by atoms with van der Waals surface area (Å²) in [5.41, 5.74) is 1.58. The van der Waals surface area contributed by atoms with Crippen molar-refractivity contribution in [3.05, 3.63) is 29.3 Å². The summed E-state index contributed by atoms with van der Waals surface area (Å²) in [5, 5.41) is 2.66. The van der Waals surface area contributed by atoms with E-state index in [0.29, 0.717) is 5.56 Å². The third-order valence-electron chi connectivity index (χ3n) is 4.19. The molecule has 1 heterocycles. The van der Waals surface area contributed by atoms with Gasteiger partial charge in [-0.25, -0.2) is 0 Å². The van der Waals surface area contributed by atoms with Crippen LogP contribution in [0, 0.1) is 6.92 Å². The van der Waals surface area contributed by atoms with Gasteiger partial charge >= 0.3 is 7.12 Å². The quantitative estimate of drug-likeness (QED) is 0.835. The third-order valence-corrected chi connectivity index (χ3v) is 4.19. The van der Waals surface area contributed by atoms with E-state index >= 15 is 0 Å². The Kier molecular flexibility index (Phi) is 3.69. The Bertz CT molecular complexity index is 524. The van der Waals surface area contributed by atoms with Gasteiger partial charge in [-0.2, -0.15) is 0 Å². The number of hydrogen-bond donors (Lipinski definition) is 1. The van der Waals surface area contributed by atoms with Gasteiger partial charge in [0.05, 0.1) is 11.2 Å². The van der Waals surface area contributed by atoms with Crippen LogP contribution in [0.2, 0.25) is 0 Å². The Hall–Kier alpha value is -1.33. The van der Waals surface area contributed by atoms with Crippen molar-refractivity contribution in [2.45, 2.75) is 45.8 Å². The number of benzene rings is 1. The van der Waals surface area contributed by atoms with E-state index in [9.17, 15) is 4.79 Å². The molecule has 1 aliphatic rings. The van der Waals surface area contributed by atoms with Crippen LogP contribution in [0.25, 0.3) is 0 Å². The van der Waals surface area contributed by atoms with Crippen molar-refractivity contribution in [2.75, 3.05) is 7.05 Å². The highest BCUT2D eigenvalue weighted by Gasteiger charge is 2.52. The van der Waals surface area contributed by atoms with Crippen LogP contribution in [0.3, 0.4) is 0 Å². The Morgan fingerprint density at radius 3 is 2.20 bits per heavy atom. The molecule has 1 N–H and O–H groups in total. The van der Waals surface area contributed by atoms with Gasteiger partial charge in [0.1, 0.15) is 0 Å². The van der Waals surface area contributed by atoms with Gasteiger partial charge in [-0.1, -0.05) is 17.7 Å². The topological polar surface area (TPSA) is 47.6 Å². The number of rotatable bonds is 2. The smallest absolute Gasteiger partial charge is 0.399 e. The van der Waals surface area contributed by atoms with E-state index in [1.807, 2.05) is 52.8 Å². The maximum atomic E-state index is 12.0. The third kappa shape index (κ3) is 2.48. The molecule has 0 saturated carbocycles. The molecule has 1 aromatic rings. The van der Waals surface area contributed by atoms with Crippen LogP contribution >= 0.6 is 0 Å². The molecule has 0 bridgehead atoms. The summed E-state index contributed by atoms with van der Waals surface area (Å²) in [6.45, 7) is 9.96. The van der Waals surface area contributed by atoms with Crippen molar-refractivity contribution < 1.29 is 14.1 Å². The summed E-state index contributed by atoms with van der Waals surface area (Å²) in [6.07, 6.45) is 0. The van der Waals surface area contributed by atoms with Gasteiger partial charge < -0.3 is 14.6 Å². The Labute approximate surface area is 121 Å². The number of nitrogens with one attached hydrogen (secondary N) is 1. The first-order chi connectivity index (χ1) is 9.18. The molecule has 1 aromatic carbocycles. The molecule has 1 aliphatic heterocycles. The Morgan fingerprint density at radius 2 is 1.70 bits per heavy atom. The standard InChI is InChI=1S/C15H22BNO3/c1-10-7-8-12(11(9-10)13(18)17-6)16-19-14(2,3)15(4,5)20-16/h7-9H,1-6H3,(H,17,18). The lowest BCUT2D eigenvalue weighted by Crippen LogP contribution is -2.41. The fraction of sp³-hybridized carbons (Fsp3) is 0.533. The molecule has 1 fully saturated rings. The Morgan fingerprint density at radius 1 is 1.15 bits per heavy atom. The van der Waals surface area contributed by atoms with Gasteiger partial charge in [0, 0.05) is 12.6 Å². The van der Waals surface area contributed by atoms with Crippen molar-refractivity contribution in [1.82, 2.24) is 5.32 Å². The molecule has 0 aliphatic carbocycles. The van der Waals surface area contributed by atoms with Gasteiger partial charge in [0.15, 0.2) is 0 Å². The first-order valence-corrected chi connectivity index (χ1v) is 6.86. The highest BCUT2D eigenvalue weighted by molar-refractivity contribution is 6.63. The molecule has 1 amide bonds. The zero-order valence-electron chi connectivity index (χ0n) is 13.0. The summed E-state index contributed by atoms with van der Waals surface area (Å²) >= 11 is 0. The summed E-state index contributed by atoms with van der Waals surface area (Å²) in [6, 6.07) is 5.73. The second kappa shape index (κ2) is 4.90. The second-order valence-corrected chi connectivity index (χ2v) is 6.26. The van der Waals surface area contributed by atoms with E-state index in [4.69, 9.17) is 9.31 Å². The van der Waals surface area contributed by atoms with Crippen LogP contribution in [-0.4, -0.2) is 31.3 Å². The molecule has 0 spiro atoms. The van der Waals surface area contributed by atoms with E-state index in [-0.39, 0.29) is 5.91 Å². The molecular weight excluding hydrogens is 253 g/mol. The maximum absolute atomic E-state index is 12.0. The molecule has 2 rings (SSSR count). The van der Waals surface area contributed by atoms with Crippen molar-refractivity contribution in [3.8, 4) is 0 Å². The van der Waals surface area contributed by atoms with Crippen LogP contribution in [0.4, 0.5) is 0 Å². The SMILES string of the molecule is CNC(=O)c1cc(C)ccc1B1OC(C)(C)C(C)(C)O1. The highest BCUT2D eigenvalue weighted by Crippen LogP contribution is 2.36. The summed E-state index contributed by atoms with van der Waals surface area (Å²) in [7, 11) is 1.10. The van der Waals surface area contributed by atoms with Crippen LogP contribution in [0.15, 0.2) is 18.2 Å². The molecule has 1 saturated heterocycles. The van der Waals surface area contributed by atoms with Crippen molar-refractivity contribution in [3.63, 3.8) is 0 Å². The van der Waals surface area contributed by atoms with Crippen LogP contribution in [-0.2, 0) is 9.31 Å². The van der Waals surface area contributed by atoms with E-state index in [1.54, 1.807) is 7.05 Å². The van der Waals surface area contributed by atoms with E-state index in [0.717, 1.165) is 11.0 Å². The van der Waals surface area contributed by atoms with E-state index < -0.39 is 18.3 Å². The Balaban J connectivity index is 2.42. The number of aryl methyl sites for hydroxylation is 1. The predicted molar refractivity (Wildman–Crippen MR) is 80.3 cm³/mol. The first-order valence-electron chi connectivity index (χ1n) is 6.86.